The van der Waals surface area contributed by atoms with E-state index >= 15 is 0 Å². The van der Waals surface area contributed by atoms with Gasteiger partial charge in [0.1, 0.15) is 18.1 Å². The van der Waals surface area contributed by atoms with E-state index in [-0.39, 0.29) is 24.0 Å². The molecule has 3 aromatic rings. The van der Waals surface area contributed by atoms with Gasteiger partial charge in [0, 0.05) is 23.7 Å². The minimum atomic E-state index is -0.283. The summed E-state index contributed by atoms with van der Waals surface area (Å²) >= 11 is 0. The predicted molar refractivity (Wildman–Crippen MR) is 90.6 cm³/mol. The summed E-state index contributed by atoms with van der Waals surface area (Å²) in [5, 5.41) is 2.87. The number of aryl methyl sites for hydroxylation is 1. The molecule has 2 aromatic heterocycles. The lowest BCUT2D eigenvalue weighted by Gasteiger charge is -2.08. The number of benzene rings is 1. The Kier molecular flexibility index (Phi) is 3.76. The van der Waals surface area contributed by atoms with Gasteiger partial charge >= 0.3 is 0 Å². The molecule has 1 N–H and O–H groups in total. The van der Waals surface area contributed by atoms with E-state index in [0.29, 0.717) is 22.9 Å². The lowest BCUT2D eigenvalue weighted by atomic mass is 10.3. The van der Waals surface area contributed by atoms with Crippen molar-refractivity contribution in [3.63, 3.8) is 0 Å². The summed E-state index contributed by atoms with van der Waals surface area (Å²) in [6.07, 6.45) is 1.95. The van der Waals surface area contributed by atoms with Crippen LogP contribution in [0.25, 0.3) is 5.65 Å². The molecule has 1 aliphatic carbocycles. The molecule has 0 aliphatic heterocycles. The molecule has 1 aliphatic rings. The molecule has 128 valence electrons. The van der Waals surface area contributed by atoms with E-state index in [2.05, 4.69) is 10.3 Å². The SMILES string of the molecule is Cc1cc2nc(COc3ccc(NC(=O)C4CC4)cc3)cc(=O)n2o1. The molecule has 0 saturated heterocycles. The lowest BCUT2D eigenvalue weighted by molar-refractivity contribution is -0.117. The highest BCUT2D eigenvalue weighted by molar-refractivity contribution is 5.94. The standard InChI is InChI=1S/C18H17N3O4/c1-11-8-16-19-14(9-17(22)21(16)25-11)10-24-15-6-4-13(5-7-15)20-18(23)12-2-3-12/h4-9,12H,2-3,10H2,1H3,(H,20,23). The number of carbonyl (C=O) groups excluding carboxylic acids is 1. The molecule has 1 aromatic carbocycles. The second-order valence-corrected chi connectivity index (χ2v) is 6.16. The maximum Gasteiger partial charge on any atom is 0.287 e. The van der Waals surface area contributed by atoms with Crippen LogP contribution in [0.3, 0.4) is 0 Å². The minimum absolute atomic E-state index is 0.0713. The van der Waals surface area contributed by atoms with Crippen LogP contribution in [0.15, 0.2) is 45.7 Å². The summed E-state index contributed by atoms with van der Waals surface area (Å²) in [4.78, 5) is 28.0. The van der Waals surface area contributed by atoms with Crippen molar-refractivity contribution in [2.45, 2.75) is 26.4 Å². The second-order valence-electron chi connectivity index (χ2n) is 6.16. The predicted octanol–water partition coefficient (Wildman–Crippen LogP) is 2.52. The Morgan fingerprint density at radius 3 is 2.80 bits per heavy atom. The minimum Gasteiger partial charge on any atom is -0.487 e. The fourth-order valence-electron chi connectivity index (χ4n) is 2.53. The van der Waals surface area contributed by atoms with E-state index in [1.54, 1.807) is 37.3 Å². The van der Waals surface area contributed by atoms with Gasteiger partial charge in [-0.05, 0) is 44.0 Å². The first-order valence-corrected chi connectivity index (χ1v) is 8.12. The van der Waals surface area contributed by atoms with Gasteiger partial charge in [-0.1, -0.05) is 0 Å². The zero-order valence-corrected chi connectivity index (χ0v) is 13.7. The van der Waals surface area contributed by atoms with Crippen LogP contribution in [-0.2, 0) is 11.4 Å². The van der Waals surface area contributed by atoms with Crippen molar-refractivity contribution in [2.24, 2.45) is 5.92 Å². The third kappa shape index (κ3) is 3.40. The number of carbonyl (C=O) groups is 1. The van der Waals surface area contributed by atoms with Gasteiger partial charge in [-0.25, -0.2) is 4.98 Å². The number of hydrogen-bond acceptors (Lipinski definition) is 5. The number of anilines is 1. The van der Waals surface area contributed by atoms with Crippen molar-refractivity contribution < 1.29 is 14.1 Å². The molecular weight excluding hydrogens is 322 g/mol. The van der Waals surface area contributed by atoms with E-state index in [1.807, 2.05) is 0 Å². The summed E-state index contributed by atoms with van der Waals surface area (Å²) < 4.78 is 12.1. The molecule has 7 nitrogen and oxygen atoms in total. The van der Waals surface area contributed by atoms with Crippen LogP contribution >= 0.6 is 0 Å². The Bertz CT molecular complexity index is 984. The van der Waals surface area contributed by atoms with Gasteiger partial charge in [0.2, 0.25) is 5.91 Å². The Labute approximate surface area is 143 Å². The first kappa shape index (κ1) is 15.4. The maximum atomic E-state index is 12.0. The Balaban J connectivity index is 1.42. The molecule has 4 rings (SSSR count). The molecule has 0 spiro atoms. The van der Waals surface area contributed by atoms with Gasteiger partial charge in [-0.2, -0.15) is 0 Å². The van der Waals surface area contributed by atoms with Crippen molar-refractivity contribution in [3.05, 3.63) is 58.2 Å². The third-order valence-corrected chi connectivity index (χ3v) is 3.98. The number of aromatic nitrogens is 2. The largest absolute Gasteiger partial charge is 0.487 e. The van der Waals surface area contributed by atoms with E-state index < -0.39 is 0 Å². The molecule has 0 atom stereocenters. The smallest absolute Gasteiger partial charge is 0.287 e. The number of hydrogen-bond donors (Lipinski definition) is 1. The zero-order valence-electron chi connectivity index (χ0n) is 13.7. The fraction of sp³-hybridized carbons (Fsp3) is 0.278. The molecular formula is C18H17N3O4. The number of nitrogens with zero attached hydrogens (tertiary/aromatic N) is 2. The molecule has 25 heavy (non-hydrogen) atoms. The average molecular weight is 339 g/mol. The Morgan fingerprint density at radius 2 is 2.08 bits per heavy atom. The van der Waals surface area contributed by atoms with E-state index in [0.717, 1.165) is 23.1 Å². The Morgan fingerprint density at radius 1 is 1.32 bits per heavy atom. The highest BCUT2D eigenvalue weighted by Crippen LogP contribution is 2.30. The van der Waals surface area contributed by atoms with Gasteiger partial charge in [0.25, 0.3) is 5.56 Å². The van der Waals surface area contributed by atoms with E-state index in [9.17, 15) is 9.59 Å². The summed E-state index contributed by atoms with van der Waals surface area (Å²) in [5.41, 5.74) is 1.45. The zero-order chi connectivity index (χ0) is 17.4. The highest BCUT2D eigenvalue weighted by atomic mass is 16.5. The summed E-state index contributed by atoms with van der Waals surface area (Å²) in [7, 11) is 0. The van der Waals surface area contributed by atoms with E-state index in [1.165, 1.54) is 6.07 Å². The fourth-order valence-corrected chi connectivity index (χ4v) is 2.53. The van der Waals surface area contributed by atoms with Gasteiger partial charge in [-0.15, -0.1) is 4.57 Å². The molecule has 0 bridgehead atoms. The maximum absolute atomic E-state index is 12.0. The molecule has 1 amide bonds. The summed E-state index contributed by atoms with van der Waals surface area (Å²) in [6.45, 7) is 1.93. The monoisotopic (exact) mass is 339 g/mol. The second kappa shape index (κ2) is 6.08. The summed E-state index contributed by atoms with van der Waals surface area (Å²) in [5.74, 6) is 1.49. The molecule has 0 unspecified atom stereocenters. The first-order chi connectivity index (χ1) is 12.1. The van der Waals surface area contributed by atoms with Crippen LogP contribution in [0.5, 0.6) is 5.75 Å². The average Bonchev–Trinajstić information content (AvgIpc) is 3.37. The van der Waals surface area contributed by atoms with Crippen LogP contribution in [0, 0.1) is 12.8 Å². The van der Waals surface area contributed by atoms with Crippen molar-refractivity contribution in [3.8, 4) is 5.75 Å². The van der Waals surface area contributed by atoms with Crippen LogP contribution in [0.1, 0.15) is 24.3 Å². The number of nitrogens with one attached hydrogen (secondary N) is 1. The van der Waals surface area contributed by atoms with Crippen molar-refractivity contribution >= 4 is 17.2 Å². The van der Waals surface area contributed by atoms with Crippen molar-refractivity contribution in [1.29, 1.82) is 0 Å². The molecule has 7 heteroatoms. The first-order valence-electron chi connectivity index (χ1n) is 8.12. The van der Waals surface area contributed by atoms with Gasteiger partial charge in [-0.3, -0.25) is 9.59 Å². The molecule has 1 fully saturated rings. The number of rotatable bonds is 5. The van der Waals surface area contributed by atoms with E-state index in [4.69, 9.17) is 9.26 Å². The normalized spacial score (nSPS) is 13.8. The third-order valence-electron chi connectivity index (χ3n) is 3.98. The number of amides is 1. The number of fused-ring (bicyclic) bond motifs is 1. The molecule has 1 saturated carbocycles. The van der Waals surface area contributed by atoms with Crippen LogP contribution < -0.4 is 15.6 Å². The quantitative estimate of drug-likeness (QED) is 0.772. The Hall–Kier alpha value is -3.09. The van der Waals surface area contributed by atoms with Crippen molar-refractivity contribution in [1.82, 2.24) is 9.56 Å². The van der Waals surface area contributed by atoms with Crippen LogP contribution in [0.2, 0.25) is 0 Å². The van der Waals surface area contributed by atoms with Gasteiger partial charge in [0.15, 0.2) is 5.65 Å². The number of ether oxygens (including phenoxy) is 1. The van der Waals surface area contributed by atoms with Crippen LogP contribution in [0.4, 0.5) is 5.69 Å². The van der Waals surface area contributed by atoms with Crippen LogP contribution in [-0.4, -0.2) is 15.5 Å². The highest BCUT2D eigenvalue weighted by Gasteiger charge is 2.29. The molecule has 2 heterocycles. The van der Waals surface area contributed by atoms with Gasteiger partial charge < -0.3 is 14.6 Å². The van der Waals surface area contributed by atoms with Gasteiger partial charge in [0.05, 0.1) is 5.69 Å². The topological polar surface area (TPSA) is 85.8 Å². The lowest BCUT2D eigenvalue weighted by Crippen LogP contribution is -2.14. The molecule has 0 radical (unpaired) electrons. The van der Waals surface area contributed by atoms with Crippen molar-refractivity contribution in [2.75, 3.05) is 5.32 Å². The summed E-state index contributed by atoms with van der Waals surface area (Å²) in [6, 6.07) is 10.2.